The molecule has 0 spiro atoms. The molecule has 1 saturated heterocycles. The Morgan fingerprint density at radius 1 is 1.44 bits per heavy atom. The van der Waals surface area contributed by atoms with Crippen molar-refractivity contribution in [1.82, 2.24) is 10.2 Å². The van der Waals surface area contributed by atoms with Gasteiger partial charge in [-0.1, -0.05) is 13.0 Å². The highest BCUT2D eigenvalue weighted by molar-refractivity contribution is 7.10. The molecular formula is C13H18N2O2S. The van der Waals surface area contributed by atoms with Gasteiger partial charge >= 0.3 is 0 Å². The number of carbonyl (C=O) groups is 2. The first-order chi connectivity index (χ1) is 8.56. The molecule has 3 atom stereocenters. The van der Waals surface area contributed by atoms with E-state index in [1.807, 2.05) is 24.4 Å². The first-order valence-electron chi connectivity index (χ1n) is 6.22. The third-order valence-corrected chi connectivity index (χ3v) is 4.35. The van der Waals surface area contributed by atoms with Crippen LogP contribution in [0.5, 0.6) is 0 Å². The summed E-state index contributed by atoms with van der Waals surface area (Å²) in [7, 11) is 0. The maximum atomic E-state index is 12.3. The maximum Gasteiger partial charge on any atom is 0.246 e. The van der Waals surface area contributed by atoms with Crippen molar-refractivity contribution in [3.63, 3.8) is 0 Å². The summed E-state index contributed by atoms with van der Waals surface area (Å²) >= 11 is 1.63. The Bertz CT molecular complexity index is 444. The van der Waals surface area contributed by atoms with E-state index in [1.165, 1.54) is 0 Å². The number of hydrogen-bond donors (Lipinski definition) is 1. The van der Waals surface area contributed by atoms with E-state index in [0.717, 1.165) is 11.3 Å². The molecule has 0 saturated carbocycles. The molecule has 1 aromatic heterocycles. The van der Waals surface area contributed by atoms with Gasteiger partial charge in [0, 0.05) is 4.88 Å². The van der Waals surface area contributed by atoms with Gasteiger partial charge in [-0.25, -0.2) is 0 Å². The minimum Gasteiger partial charge on any atom is -0.343 e. The van der Waals surface area contributed by atoms with Crippen molar-refractivity contribution in [3.05, 3.63) is 22.4 Å². The number of amides is 2. The quantitative estimate of drug-likeness (QED) is 0.909. The average molecular weight is 266 g/mol. The second-order valence-corrected chi connectivity index (χ2v) is 5.57. The van der Waals surface area contributed by atoms with Crippen LogP contribution in [-0.2, 0) is 9.59 Å². The fraction of sp³-hybridized carbons (Fsp3) is 0.538. The molecule has 3 unspecified atom stereocenters. The van der Waals surface area contributed by atoms with Gasteiger partial charge in [-0.2, -0.15) is 0 Å². The number of piperazine rings is 1. The zero-order valence-electron chi connectivity index (χ0n) is 10.8. The van der Waals surface area contributed by atoms with Crippen LogP contribution in [0.25, 0.3) is 0 Å². The predicted octanol–water partition coefficient (Wildman–Crippen LogP) is 1.93. The summed E-state index contributed by atoms with van der Waals surface area (Å²) < 4.78 is 0. The van der Waals surface area contributed by atoms with Crippen molar-refractivity contribution in [2.24, 2.45) is 0 Å². The van der Waals surface area contributed by atoms with Crippen LogP contribution in [0.15, 0.2) is 17.5 Å². The van der Waals surface area contributed by atoms with Gasteiger partial charge in [0.2, 0.25) is 11.8 Å². The summed E-state index contributed by atoms with van der Waals surface area (Å²) in [6, 6.07) is 3.17. The second-order valence-electron chi connectivity index (χ2n) is 4.59. The summed E-state index contributed by atoms with van der Waals surface area (Å²) in [4.78, 5) is 27.0. The van der Waals surface area contributed by atoms with Gasteiger partial charge in [-0.15, -0.1) is 11.3 Å². The van der Waals surface area contributed by atoms with E-state index in [1.54, 1.807) is 30.1 Å². The molecule has 0 aliphatic carbocycles. The molecule has 2 amide bonds. The Morgan fingerprint density at radius 3 is 2.72 bits per heavy atom. The molecule has 1 fully saturated rings. The number of carbonyl (C=O) groups excluding carboxylic acids is 2. The highest BCUT2D eigenvalue weighted by atomic mass is 32.1. The SMILES string of the molecule is CCC(c1cccs1)N1C(=O)C(C)NC(=O)C1C. The van der Waals surface area contributed by atoms with Gasteiger partial charge in [-0.05, 0) is 31.7 Å². The third-order valence-electron chi connectivity index (χ3n) is 3.37. The minimum atomic E-state index is -0.428. The molecule has 18 heavy (non-hydrogen) atoms. The Labute approximate surface area is 111 Å². The van der Waals surface area contributed by atoms with Crippen LogP contribution in [0.3, 0.4) is 0 Å². The largest absolute Gasteiger partial charge is 0.343 e. The molecule has 1 N–H and O–H groups in total. The van der Waals surface area contributed by atoms with E-state index < -0.39 is 12.1 Å². The van der Waals surface area contributed by atoms with E-state index in [2.05, 4.69) is 5.32 Å². The van der Waals surface area contributed by atoms with Crippen LogP contribution in [-0.4, -0.2) is 28.8 Å². The summed E-state index contributed by atoms with van der Waals surface area (Å²) in [6.07, 6.45) is 0.816. The number of nitrogens with zero attached hydrogens (tertiary/aromatic N) is 1. The molecule has 1 aromatic rings. The van der Waals surface area contributed by atoms with Crippen LogP contribution < -0.4 is 5.32 Å². The molecule has 0 aromatic carbocycles. The lowest BCUT2D eigenvalue weighted by molar-refractivity contribution is -0.151. The highest BCUT2D eigenvalue weighted by Gasteiger charge is 2.39. The zero-order chi connectivity index (χ0) is 13.3. The minimum absolute atomic E-state index is 0.000926. The molecule has 0 radical (unpaired) electrons. The summed E-state index contributed by atoms with van der Waals surface area (Å²) in [6.45, 7) is 5.57. The van der Waals surface area contributed by atoms with Gasteiger partial charge in [0.15, 0.2) is 0 Å². The normalized spacial score (nSPS) is 26.1. The van der Waals surface area contributed by atoms with E-state index in [-0.39, 0.29) is 17.9 Å². The van der Waals surface area contributed by atoms with Gasteiger partial charge in [0.25, 0.3) is 0 Å². The molecule has 2 rings (SSSR count). The standard InChI is InChI=1S/C13H18N2O2S/c1-4-10(11-6-5-7-18-11)15-9(3)12(16)14-8(2)13(15)17/h5-10H,4H2,1-3H3,(H,14,16). The monoisotopic (exact) mass is 266 g/mol. The molecular weight excluding hydrogens is 248 g/mol. The number of hydrogen-bond acceptors (Lipinski definition) is 3. The van der Waals surface area contributed by atoms with Crippen molar-refractivity contribution in [3.8, 4) is 0 Å². The molecule has 5 heteroatoms. The van der Waals surface area contributed by atoms with Crippen molar-refractivity contribution in [1.29, 1.82) is 0 Å². The summed E-state index contributed by atoms with van der Waals surface area (Å²) in [5, 5.41) is 4.71. The first kappa shape index (κ1) is 13.1. The Morgan fingerprint density at radius 2 is 2.17 bits per heavy atom. The van der Waals surface area contributed by atoms with Crippen molar-refractivity contribution in [2.45, 2.75) is 45.3 Å². The zero-order valence-corrected chi connectivity index (χ0v) is 11.7. The molecule has 1 aliphatic heterocycles. The maximum absolute atomic E-state index is 12.3. The summed E-state index contributed by atoms with van der Waals surface area (Å²) in [5.41, 5.74) is 0. The molecule has 1 aliphatic rings. The number of rotatable bonds is 3. The van der Waals surface area contributed by atoms with E-state index in [0.29, 0.717) is 0 Å². The van der Waals surface area contributed by atoms with Crippen LogP contribution in [0, 0.1) is 0 Å². The number of nitrogens with one attached hydrogen (secondary N) is 1. The Balaban J connectivity index is 2.33. The van der Waals surface area contributed by atoms with Crippen molar-refractivity contribution < 1.29 is 9.59 Å². The highest BCUT2D eigenvalue weighted by Crippen LogP contribution is 2.31. The topological polar surface area (TPSA) is 49.4 Å². The second kappa shape index (κ2) is 5.10. The first-order valence-corrected chi connectivity index (χ1v) is 7.10. The summed E-state index contributed by atoms with van der Waals surface area (Å²) in [5.74, 6) is -0.0699. The van der Waals surface area contributed by atoms with Gasteiger partial charge < -0.3 is 10.2 Å². The fourth-order valence-electron chi connectivity index (χ4n) is 2.38. The van der Waals surface area contributed by atoms with Crippen LogP contribution in [0.1, 0.15) is 38.1 Å². The molecule has 0 bridgehead atoms. The molecule has 4 nitrogen and oxygen atoms in total. The van der Waals surface area contributed by atoms with Gasteiger partial charge in [-0.3, -0.25) is 9.59 Å². The Kier molecular flexibility index (Phi) is 3.71. The fourth-order valence-corrected chi connectivity index (χ4v) is 3.28. The van der Waals surface area contributed by atoms with Crippen LogP contribution >= 0.6 is 11.3 Å². The van der Waals surface area contributed by atoms with Gasteiger partial charge in [0.1, 0.15) is 12.1 Å². The van der Waals surface area contributed by atoms with E-state index >= 15 is 0 Å². The van der Waals surface area contributed by atoms with E-state index in [4.69, 9.17) is 0 Å². The van der Waals surface area contributed by atoms with Crippen LogP contribution in [0.2, 0.25) is 0 Å². The van der Waals surface area contributed by atoms with Gasteiger partial charge in [0.05, 0.1) is 6.04 Å². The average Bonchev–Trinajstić information content (AvgIpc) is 2.85. The predicted molar refractivity (Wildman–Crippen MR) is 71.3 cm³/mol. The lowest BCUT2D eigenvalue weighted by Gasteiger charge is -2.40. The molecule has 98 valence electrons. The van der Waals surface area contributed by atoms with E-state index in [9.17, 15) is 9.59 Å². The Hall–Kier alpha value is -1.36. The lowest BCUT2D eigenvalue weighted by Crippen LogP contribution is -2.62. The molecule has 2 heterocycles. The third kappa shape index (κ3) is 2.14. The lowest BCUT2D eigenvalue weighted by atomic mass is 10.0. The smallest absolute Gasteiger partial charge is 0.246 e. The van der Waals surface area contributed by atoms with Crippen molar-refractivity contribution >= 4 is 23.2 Å². The van der Waals surface area contributed by atoms with Crippen molar-refractivity contribution in [2.75, 3.05) is 0 Å². The van der Waals surface area contributed by atoms with Crippen LogP contribution in [0.4, 0.5) is 0 Å². The number of thiophene rings is 1.